The standard InChI is InChI=1S/C21H33N5O.HI/c1-15(2)9-17(4)27-20-10-16(3)7-8-19(20)13-24-21(22-5)23-11-18-12-25-26(6)14-18;/h7-8,10,12,14-15,17H,9,11,13H2,1-6H3,(H2,22,23,24);1H. The van der Waals surface area contributed by atoms with Crippen molar-refractivity contribution in [3.63, 3.8) is 0 Å². The summed E-state index contributed by atoms with van der Waals surface area (Å²) >= 11 is 0. The van der Waals surface area contributed by atoms with Crippen molar-refractivity contribution in [2.75, 3.05) is 7.05 Å². The molecule has 0 bridgehead atoms. The first-order valence-corrected chi connectivity index (χ1v) is 9.55. The van der Waals surface area contributed by atoms with E-state index in [-0.39, 0.29) is 30.1 Å². The quantitative estimate of drug-likeness (QED) is 0.327. The van der Waals surface area contributed by atoms with Crippen LogP contribution in [0.2, 0.25) is 0 Å². The van der Waals surface area contributed by atoms with Crippen LogP contribution in [0, 0.1) is 12.8 Å². The van der Waals surface area contributed by atoms with Gasteiger partial charge in [-0.3, -0.25) is 9.67 Å². The molecule has 2 aromatic rings. The highest BCUT2D eigenvalue weighted by molar-refractivity contribution is 14.0. The molecule has 28 heavy (non-hydrogen) atoms. The Hall–Kier alpha value is -1.77. The summed E-state index contributed by atoms with van der Waals surface area (Å²) in [4.78, 5) is 4.30. The number of hydrogen-bond acceptors (Lipinski definition) is 3. The Balaban J connectivity index is 0.00000392. The molecule has 0 aliphatic carbocycles. The van der Waals surface area contributed by atoms with Gasteiger partial charge >= 0.3 is 0 Å². The summed E-state index contributed by atoms with van der Waals surface area (Å²) in [5, 5.41) is 10.9. The van der Waals surface area contributed by atoms with Crippen LogP contribution in [0.5, 0.6) is 5.75 Å². The molecule has 1 heterocycles. The molecule has 0 saturated heterocycles. The smallest absolute Gasteiger partial charge is 0.191 e. The van der Waals surface area contributed by atoms with Crippen molar-refractivity contribution in [3.8, 4) is 5.75 Å². The van der Waals surface area contributed by atoms with Crippen LogP contribution in [0.4, 0.5) is 0 Å². The minimum atomic E-state index is 0. The monoisotopic (exact) mass is 499 g/mol. The molecular weight excluding hydrogens is 465 g/mol. The Labute approximate surface area is 186 Å². The number of hydrogen-bond donors (Lipinski definition) is 2. The summed E-state index contributed by atoms with van der Waals surface area (Å²) < 4.78 is 8.02. The van der Waals surface area contributed by atoms with Crippen LogP contribution >= 0.6 is 24.0 Å². The lowest BCUT2D eigenvalue weighted by atomic mass is 10.1. The Morgan fingerprint density at radius 1 is 1.21 bits per heavy atom. The predicted molar refractivity (Wildman–Crippen MR) is 126 cm³/mol. The Bertz CT molecular complexity index is 757. The van der Waals surface area contributed by atoms with Gasteiger partial charge in [0.15, 0.2) is 5.96 Å². The molecule has 0 radical (unpaired) electrons. The second kappa shape index (κ2) is 11.9. The molecule has 0 aliphatic rings. The van der Waals surface area contributed by atoms with Crippen molar-refractivity contribution in [2.24, 2.45) is 18.0 Å². The number of nitrogens with one attached hydrogen (secondary N) is 2. The lowest BCUT2D eigenvalue weighted by Gasteiger charge is -2.20. The maximum absolute atomic E-state index is 6.22. The largest absolute Gasteiger partial charge is 0.490 e. The average Bonchev–Trinajstić information content (AvgIpc) is 3.01. The highest BCUT2D eigenvalue weighted by Crippen LogP contribution is 2.23. The first-order valence-electron chi connectivity index (χ1n) is 9.55. The highest BCUT2D eigenvalue weighted by atomic mass is 127. The summed E-state index contributed by atoms with van der Waals surface area (Å²) in [5.41, 5.74) is 3.44. The number of halogens is 1. The molecule has 156 valence electrons. The SMILES string of the molecule is CN=C(NCc1cnn(C)c1)NCc1ccc(C)cc1OC(C)CC(C)C.I. The highest BCUT2D eigenvalue weighted by Gasteiger charge is 2.11. The number of aromatic nitrogens is 2. The summed E-state index contributed by atoms with van der Waals surface area (Å²) in [6, 6.07) is 6.34. The molecule has 1 unspecified atom stereocenters. The normalized spacial score (nSPS) is 12.5. The van der Waals surface area contributed by atoms with Crippen molar-refractivity contribution >= 4 is 29.9 Å². The van der Waals surface area contributed by atoms with Crippen LogP contribution in [-0.2, 0) is 20.1 Å². The molecule has 0 amide bonds. The fourth-order valence-electron chi connectivity index (χ4n) is 2.99. The molecule has 0 spiro atoms. The lowest BCUT2D eigenvalue weighted by molar-refractivity contribution is 0.191. The van der Waals surface area contributed by atoms with Crippen molar-refractivity contribution in [1.29, 1.82) is 0 Å². The van der Waals surface area contributed by atoms with Crippen LogP contribution in [0.1, 0.15) is 43.9 Å². The molecular formula is C21H34IN5O. The van der Waals surface area contributed by atoms with E-state index in [4.69, 9.17) is 4.74 Å². The number of guanidine groups is 1. The van der Waals surface area contributed by atoms with Crippen LogP contribution in [0.3, 0.4) is 0 Å². The van der Waals surface area contributed by atoms with Crippen LogP contribution in [-0.4, -0.2) is 28.9 Å². The maximum atomic E-state index is 6.22. The van der Waals surface area contributed by atoms with Crippen molar-refractivity contribution in [2.45, 2.75) is 53.3 Å². The second-order valence-electron chi connectivity index (χ2n) is 7.47. The topological polar surface area (TPSA) is 63.5 Å². The van der Waals surface area contributed by atoms with Gasteiger partial charge in [-0.2, -0.15) is 5.10 Å². The lowest BCUT2D eigenvalue weighted by Crippen LogP contribution is -2.36. The average molecular weight is 499 g/mol. The number of aliphatic imine (C=N–C) groups is 1. The van der Waals surface area contributed by atoms with E-state index in [1.165, 1.54) is 5.56 Å². The molecule has 1 aromatic heterocycles. The van der Waals surface area contributed by atoms with Crippen molar-refractivity contribution in [1.82, 2.24) is 20.4 Å². The first-order chi connectivity index (χ1) is 12.9. The predicted octanol–water partition coefficient (Wildman–Crippen LogP) is 4.03. The minimum Gasteiger partial charge on any atom is -0.490 e. The van der Waals surface area contributed by atoms with Crippen LogP contribution < -0.4 is 15.4 Å². The van der Waals surface area contributed by atoms with Crippen molar-refractivity contribution in [3.05, 3.63) is 47.3 Å². The van der Waals surface area contributed by atoms with Gasteiger partial charge in [-0.15, -0.1) is 24.0 Å². The molecule has 0 fully saturated rings. The van der Waals surface area contributed by atoms with E-state index >= 15 is 0 Å². The van der Waals surface area contributed by atoms with Gasteiger partial charge in [0.05, 0.1) is 12.3 Å². The Morgan fingerprint density at radius 2 is 1.93 bits per heavy atom. The Morgan fingerprint density at radius 3 is 2.54 bits per heavy atom. The zero-order valence-corrected chi connectivity index (χ0v) is 20.2. The van der Waals surface area contributed by atoms with E-state index in [0.29, 0.717) is 19.0 Å². The van der Waals surface area contributed by atoms with E-state index in [9.17, 15) is 0 Å². The summed E-state index contributed by atoms with van der Waals surface area (Å²) in [7, 11) is 3.69. The second-order valence-corrected chi connectivity index (χ2v) is 7.47. The fraction of sp³-hybridized carbons (Fsp3) is 0.524. The molecule has 2 rings (SSSR count). The third kappa shape index (κ3) is 8.08. The zero-order valence-electron chi connectivity index (χ0n) is 17.8. The minimum absolute atomic E-state index is 0. The van der Waals surface area contributed by atoms with E-state index in [1.54, 1.807) is 11.7 Å². The molecule has 2 N–H and O–H groups in total. The molecule has 1 atom stereocenters. The fourth-order valence-corrected chi connectivity index (χ4v) is 2.99. The molecule has 0 saturated carbocycles. The molecule has 7 heteroatoms. The van der Waals surface area contributed by atoms with Gasteiger partial charge in [-0.05, 0) is 37.8 Å². The van der Waals surface area contributed by atoms with Crippen LogP contribution in [0.15, 0.2) is 35.6 Å². The van der Waals surface area contributed by atoms with Gasteiger partial charge in [0, 0.05) is 44.5 Å². The zero-order chi connectivity index (χ0) is 19.8. The Kier molecular flexibility index (Phi) is 10.3. The van der Waals surface area contributed by atoms with Gasteiger partial charge in [-0.1, -0.05) is 26.0 Å². The van der Waals surface area contributed by atoms with Crippen LogP contribution in [0.25, 0.3) is 0 Å². The molecule has 6 nitrogen and oxygen atoms in total. The number of ether oxygens (including phenoxy) is 1. The molecule has 0 aliphatic heterocycles. The first kappa shape index (κ1) is 24.3. The van der Waals surface area contributed by atoms with E-state index < -0.39 is 0 Å². The maximum Gasteiger partial charge on any atom is 0.191 e. The number of benzene rings is 1. The van der Waals surface area contributed by atoms with Gasteiger partial charge in [0.1, 0.15) is 5.75 Å². The van der Waals surface area contributed by atoms with Gasteiger partial charge in [0.25, 0.3) is 0 Å². The van der Waals surface area contributed by atoms with Crippen molar-refractivity contribution < 1.29 is 4.74 Å². The van der Waals surface area contributed by atoms with Gasteiger partial charge < -0.3 is 15.4 Å². The van der Waals surface area contributed by atoms with E-state index in [1.807, 2.05) is 19.4 Å². The van der Waals surface area contributed by atoms with E-state index in [0.717, 1.165) is 29.3 Å². The third-order valence-electron chi connectivity index (χ3n) is 4.24. The number of aryl methyl sites for hydroxylation is 2. The number of nitrogens with zero attached hydrogens (tertiary/aromatic N) is 3. The summed E-state index contributed by atoms with van der Waals surface area (Å²) in [5.74, 6) is 2.31. The third-order valence-corrected chi connectivity index (χ3v) is 4.24. The summed E-state index contributed by atoms with van der Waals surface area (Å²) in [6.45, 7) is 9.99. The van der Waals surface area contributed by atoms with E-state index in [2.05, 4.69) is 66.6 Å². The van der Waals surface area contributed by atoms with Gasteiger partial charge in [0.2, 0.25) is 0 Å². The van der Waals surface area contributed by atoms with Gasteiger partial charge in [-0.25, -0.2) is 0 Å². The number of rotatable bonds is 8. The summed E-state index contributed by atoms with van der Waals surface area (Å²) in [6.07, 6.45) is 5.06. The molecule has 1 aromatic carbocycles.